The van der Waals surface area contributed by atoms with Gasteiger partial charge in [0.25, 0.3) is 5.78 Å². The van der Waals surface area contributed by atoms with Crippen molar-refractivity contribution < 1.29 is 19.4 Å². The fourth-order valence-electron chi connectivity index (χ4n) is 1.75. The van der Waals surface area contributed by atoms with Crippen molar-refractivity contribution in [3.8, 4) is 5.75 Å². The number of rotatable bonds is 5. The standard InChI is InChI=1S/C13H13BrO4/c14-10-6-9(12(15)13(16)17)4-5-11(10)18-7-8-2-1-3-8/h4-6,8H,1-3,7H2,(H,16,17). The van der Waals surface area contributed by atoms with Gasteiger partial charge in [-0.15, -0.1) is 0 Å². The summed E-state index contributed by atoms with van der Waals surface area (Å²) in [6, 6.07) is 4.57. The Balaban J connectivity index is 2.04. The summed E-state index contributed by atoms with van der Waals surface area (Å²) in [6.07, 6.45) is 3.67. The molecule has 1 aromatic rings. The Morgan fingerprint density at radius 2 is 2.11 bits per heavy atom. The van der Waals surface area contributed by atoms with Crippen molar-refractivity contribution in [2.24, 2.45) is 5.92 Å². The van der Waals surface area contributed by atoms with Gasteiger partial charge in [0.1, 0.15) is 5.75 Å². The second-order valence-electron chi connectivity index (χ2n) is 4.39. The van der Waals surface area contributed by atoms with Crippen LogP contribution in [0, 0.1) is 5.92 Å². The van der Waals surface area contributed by atoms with Crippen LogP contribution in [0.3, 0.4) is 0 Å². The van der Waals surface area contributed by atoms with Gasteiger partial charge in [0.15, 0.2) is 0 Å². The lowest BCUT2D eigenvalue weighted by Gasteiger charge is -2.25. The SMILES string of the molecule is O=C(O)C(=O)c1ccc(OCC2CCC2)c(Br)c1. The first-order valence-corrected chi connectivity index (χ1v) is 6.57. The Morgan fingerprint density at radius 1 is 1.39 bits per heavy atom. The number of halogens is 1. The van der Waals surface area contributed by atoms with Crippen LogP contribution in [0.4, 0.5) is 0 Å². The van der Waals surface area contributed by atoms with Crippen molar-refractivity contribution >= 4 is 27.7 Å². The molecule has 0 saturated heterocycles. The highest BCUT2D eigenvalue weighted by molar-refractivity contribution is 9.10. The Morgan fingerprint density at radius 3 is 2.61 bits per heavy atom. The third-order valence-electron chi connectivity index (χ3n) is 3.09. The summed E-state index contributed by atoms with van der Waals surface area (Å²) in [7, 11) is 0. The fraction of sp³-hybridized carbons (Fsp3) is 0.385. The molecule has 1 N–H and O–H groups in total. The summed E-state index contributed by atoms with van der Waals surface area (Å²) in [5.74, 6) is -1.10. The molecule has 5 heteroatoms. The van der Waals surface area contributed by atoms with Gasteiger partial charge < -0.3 is 9.84 Å². The molecule has 0 bridgehead atoms. The molecule has 0 spiro atoms. The number of carboxylic acids is 1. The molecule has 1 fully saturated rings. The predicted octanol–water partition coefficient (Wildman–Crippen LogP) is 2.90. The number of benzene rings is 1. The normalized spacial score (nSPS) is 14.9. The van der Waals surface area contributed by atoms with E-state index in [1.54, 1.807) is 6.07 Å². The highest BCUT2D eigenvalue weighted by atomic mass is 79.9. The van der Waals surface area contributed by atoms with E-state index in [2.05, 4.69) is 15.9 Å². The van der Waals surface area contributed by atoms with E-state index < -0.39 is 11.8 Å². The van der Waals surface area contributed by atoms with Gasteiger partial charge in [-0.2, -0.15) is 0 Å². The fourth-order valence-corrected chi connectivity index (χ4v) is 2.24. The maximum absolute atomic E-state index is 11.3. The molecule has 1 saturated carbocycles. The quantitative estimate of drug-likeness (QED) is 0.670. The first kappa shape index (κ1) is 13.1. The topological polar surface area (TPSA) is 63.6 Å². The summed E-state index contributed by atoms with van der Waals surface area (Å²) in [5.41, 5.74) is 0.144. The number of hydrogen-bond acceptors (Lipinski definition) is 3. The second-order valence-corrected chi connectivity index (χ2v) is 5.24. The molecule has 18 heavy (non-hydrogen) atoms. The van der Waals surface area contributed by atoms with Crippen molar-refractivity contribution in [3.63, 3.8) is 0 Å². The van der Waals surface area contributed by atoms with Crippen LogP contribution >= 0.6 is 15.9 Å². The van der Waals surface area contributed by atoms with Crippen LogP contribution in [0.15, 0.2) is 22.7 Å². The lowest BCUT2D eigenvalue weighted by molar-refractivity contribution is -0.131. The van der Waals surface area contributed by atoms with E-state index in [9.17, 15) is 9.59 Å². The zero-order chi connectivity index (χ0) is 13.1. The first-order chi connectivity index (χ1) is 8.58. The Kier molecular flexibility index (Phi) is 4.01. The van der Waals surface area contributed by atoms with Crippen molar-refractivity contribution in [3.05, 3.63) is 28.2 Å². The minimum Gasteiger partial charge on any atom is -0.492 e. The number of ether oxygens (including phenoxy) is 1. The molecule has 4 nitrogen and oxygen atoms in total. The molecule has 0 aliphatic heterocycles. The lowest BCUT2D eigenvalue weighted by Crippen LogP contribution is -2.19. The van der Waals surface area contributed by atoms with Crippen LogP contribution in [0.1, 0.15) is 29.6 Å². The van der Waals surface area contributed by atoms with Crippen LogP contribution < -0.4 is 4.74 Å². The second kappa shape index (κ2) is 5.52. The molecular formula is C13H13BrO4. The summed E-state index contributed by atoms with van der Waals surface area (Å²) in [5, 5.41) is 8.62. The Labute approximate surface area is 113 Å². The van der Waals surface area contributed by atoms with Gasteiger partial charge >= 0.3 is 5.97 Å². The van der Waals surface area contributed by atoms with E-state index in [4.69, 9.17) is 9.84 Å². The number of carbonyl (C=O) groups excluding carboxylic acids is 1. The van der Waals surface area contributed by atoms with Gasteiger partial charge in [-0.3, -0.25) is 4.79 Å². The molecule has 0 radical (unpaired) electrons. The zero-order valence-electron chi connectivity index (χ0n) is 9.69. The maximum Gasteiger partial charge on any atom is 0.377 e. The zero-order valence-corrected chi connectivity index (χ0v) is 11.3. The summed E-state index contributed by atoms with van der Waals surface area (Å²) >= 11 is 3.28. The van der Waals surface area contributed by atoms with E-state index >= 15 is 0 Å². The lowest BCUT2D eigenvalue weighted by atomic mass is 9.86. The van der Waals surface area contributed by atoms with E-state index in [0.717, 1.165) is 0 Å². The van der Waals surface area contributed by atoms with Crippen LogP contribution in [0.5, 0.6) is 5.75 Å². The molecule has 96 valence electrons. The van der Waals surface area contributed by atoms with Crippen molar-refractivity contribution in [1.29, 1.82) is 0 Å². The molecule has 0 amide bonds. The molecule has 1 aliphatic rings. The molecule has 2 rings (SSSR count). The Hall–Kier alpha value is -1.36. The van der Waals surface area contributed by atoms with Gasteiger partial charge in [-0.05, 0) is 52.9 Å². The average Bonchev–Trinajstić information content (AvgIpc) is 2.27. The monoisotopic (exact) mass is 312 g/mol. The van der Waals surface area contributed by atoms with E-state index in [1.807, 2.05) is 0 Å². The van der Waals surface area contributed by atoms with E-state index in [0.29, 0.717) is 22.7 Å². The molecule has 0 unspecified atom stereocenters. The summed E-state index contributed by atoms with van der Waals surface area (Å²) in [4.78, 5) is 21.8. The minimum atomic E-state index is -1.45. The van der Waals surface area contributed by atoms with Crippen LogP contribution in [0.2, 0.25) is 0 Å². The molecule has 0 aromatic heterocycles. The smallest absolute Gasteiger partial charge is 0.377 e. The summed E-state index contributed by atoms with van der Waals surface area (Å²) < 4.78 is 6.24. The third-order valence-corrected chi connectivity index (χ3v) is 3.71. The van der Waals surface area contributed by atoms with Gasteiger partial charge in [0, 0.05) is 5.56 Å². The maximum atomic E-state index is 11.3. The number of aliphatic carboxylic acids is 1. The molecular weight excluding hydrogens is 300 g/mol. The van der Waals surface area contributed by atoms with Crippen LogP contribution in [-0.2, 0) is 4.79 Å². The third kappa shape index (κ3) is 2.90. The molecule has 1 aromatic carbocycles. The molecule has 0 heterocycles. The van der Waals surface area contributed by atoms with E-state index in [-0.39, 0.29) is 5.56 Å². The molecule has 1 aliphatic carbocycles. The highest BCUT2D eigenvalue weighted by Crippen LogP contribution is 2.30. The first-order valence-electron chi connectivity index (χ1n) is 5.78. The van der Waals surface area contributed by atoms with E-state index in [1.165, 1.54) is 31.4 Å². The van der Waals surface area contributed by atoms with Gasteiger partial charge in [0.2, 0.25) is 0 Å². The van der Waals surface area contributed by atoms with Gasteiger partial charge in [-0.25, -0.2) is 4.79 Å². The Bertz CT molecular complexity index is 480. The number of Topliss-reactive ketones (excluding diaryl/α,β-unsaturated/α-hetero) is 1. The number of hydrogen-bond donors (Lipinski definition) is 1. The van der Waals surface area contributed by atoms with Crippen LogP contribution in [-0.4, -0.2) is 23.5 Å². The number of carboxylic acid groups (broad SMARTS) is 1. The predicted molar refractivity (Wildman–Crippen MR) is 68.9 cm³/mol. The van der Waals surface area contributed by atoms with Crippen molar-refractivity contribution in [2.75, 3.05) is 6.61 Å². The summed E-state index contributed by atoms with van der Waals surface area (Å²) in [6.45, 7) is 0.671. The minimum absolute atomic E-state index is 0.144. The largest absolute Gasteiger partial charge is 0.492 e. The van der Waals surface area contributed by atoms with Gasteiger partial charge in [-0.1, -0.05) is 6.42 Å². The average molecular weight is 313 g/mol. The van der Waals surface area contributed by atoms with Crippen LogP contribution in [0.25, 0.3) is 0 Å². The van der Waals surface area contributed by atoms with Crippen molar-refractivity contribution in [2.45, 2.75) is 19.3 Å². The highest BCUT2D eigenvalue weighted by Gasteiger charge is 2.19. The number of ketones is 1. The van der Waals surface area contributed by atoms with Gasteiger partial charge in [0.05, 0.1) is 11.1 Å². The number of carbonyl (C=O) groups is 2. The molecule has 0 atom stereocenters. The van der Waals surface area contributed by atoms with Crippen molar-refractivity contribution in [1.82, 2.24) is 0 Å².